The Balaban J connectivity index is 2.63. The van der Waals surface area contributed by atoms with E-state index in [4.69, 9.17) is 0 Å². The number of aliphatic hydroxyl groups excluding tert-OH is 2. The van der Waals surface area contributed by atoms with Crippen LogP contribution in [0.15, 0.2) is 17.5 Å². The van der Waals surface area contributed by atoms with Gasteiger partial charge in [0.05, 0.1) is 13.2 Å². The van der Waals surface area contributed by atoms with Crippen LogP contribution < -0.4 is 5.32 Å². The second-order valence-corrected chi connectivity index (χ2v) is 6.22. The summed E-state index contributed by atoms with van der Waals surface area (Å²) in [6.07, 6.45) is 0. The minimum atomic E-state index is -0.454. The van der Waals surface area contributed by atoms with Gasteiger partial charge in [-0.2, -0.15) is 0 Å². The van der Waals surface area contributed by atoms with E-state index in [1.807, 2.05) is 13.0 Å². The van der Waals surface area contributed by atoms with Gasteiger partial charge in [-0.25, -0.2) is 0 Å². The Morgan fingerprint density at radius 1 is 1.35 bits per heavy atom. The molecule has 0 amide bonds. The number of nitrogens with one attached hydrogen (secondary N) is 1. The minimum Gasteiger partial charge on any atom is -0.396 e. The molecule has 0 saturated carbocycles. The van der Waals surface area contributed by atoms with Crippen molar-refractivity contribution in [2.75, 3.05) is 19.8 Å². The van der Waals surface area contributed by atoms with Gasteiger partial charge < -0.3 is 15.5 Å². The summed E-state index contributed by atoms with van der Waals surface area (Å²) >= 11 is 1.74. The van der Waals surface area contributed by atoms with Crippen LogP contribution in [0.25, 0.3) is 0 Å². The van der Waals surface area contributed by atoms with Crippen LogP contribution in [-0.2, 0) is 0 Å². The Bertz CT molecular complexity index is 307. The van der Waals surface area contributed by atoms with Gasteiger partial charge in [0.2, 0.25) is 0 Å². The third-order valence-corrected chi connectivity index (χ3v) is 3.98. The van der Waals surface area contributed by atoms with E-state index in [1.54, 1.807) is 11.3 Å². The van der Waals surface area contributed by atoms with Crippen LogP contribution in [0.3, 0.4) is 0 Å². The molecule has 1 unspecified atom stereocenters. The van der Waals surface area contributed by atoms with Gasteiger partial charge >= 0.3 is 0 Å². The monoisotopic (exact) mass is 257 g/mol. The number of rotatable bonds is 7. The second kappa shape index (κ2) is 6.50. The Kier molecular flexibility index (Phi) is 5.59. The van der Waals surface area contributed by atoms with Gasteiger partial charge in [-0.15, -0.1) is 11.3 Å². The highest BCUT2D eigenvalue weighted by Gasteiger charge is 2.25. The predicted molar refractivity (Wildman–Crippen MR) is 72.2 cm³/mol. The lowest BCUT2D eigenvalue weighted by Crippen LogP contribution is -2.40. The summed E-state index contributed by atoms with van der Waals surface area (Å²) in [5, 5.41) is 24.1. The standard InChI is InChI=1S/C13H23NO2S/c1-10(2)12(11-5-4-6-17-11)14-7-13(3,8-15)9-16/h4-6,10,12,14-16H,7-9H2,1-3H3. The number of aliphatic hydroxyl groups is 2. The quantitative estimate of drug-likeness (QED) is 0.700. The highest BCUT2D eigenvalue weighted by atomic mass is 32.1. The van der Waals surface area contributed by atoms with Gasteiger partial charge in [0, 0.05) is 22.9 Å². The smallest absolute Gasteiger partial charge is 0.0519 e. The van der Waals surface area contributed by atoms with Gasteiger partial charge in [0.25, 0.3) is 0 Å². The lowest BCUT2D eigenvalue weighted by molar-refractivity contribution is 0.0658. The first-order chi connectivity index (χ1) is 8.02. The molecule has 0 saturated heterocycles. The second-order valence-electron chi connectivity index (χ2n) is 5.24. The van der Waals surface area contributed by atoms with Crippen LogP contribution >= 0.6 is 11.3 Å². The predicted octanol–water partition coefficient (Wildman–Crippen LogP) is 2.03. The lowest BCUT2D eigenvalue weighted by atomic mass is 9.91. The minimum absolute atomic E-state index is 0.00818. The van der Waals surface area contributed by atoms with Crippen LogP contribution in [0, 0.1) is 11.3 Å². The van der Waals surface area contributed by atoms with E-state index in [9.17, 15) is 10.2 Å². The molecule has 0 aromatic carbocycles. The maximum Gasteiger partial charge on any atom is 0.0519 e. The molecule has 0 fully saturated rings. The van der Waals surface area contributed by atoms with Gasteiger partial charge in [-0.05, 0) is 17.4 Å². The molecule has 1 aromatic heterocycles. The summed E-state index contributed by atoms with van der Waals surface area (Å²) in [5.41, 5.74) is -0.454. The molecule has 3 N–H and O–H groups in total. The first-order valence-electron chi connectivity index (χ1n) is 6.01. The van der Waals surface area contributed by atoms with Crippen molar-refractivity contribution in [3.05, 3.63) is 22.4 Å². The van der Waals surface area contributed by atoms with Crippen molar-refractivity contribution in [1.82, 2.24) is 5.32 Å². The summed E-state index contributed by atoms with van der Waals surface area (Å²) in [4.78, 5) is 1.30. The Morgan fingerprint density at radius 2 is 2.00 bits per heavy atom. The van der Waals surface area contributed by atoms with Crippen LogP contribution in [-0.4, -0.2) is 30.0 Å². The Labute approximate surface area is 107 Å². The molecule has 1 aromatic rings. The highest BCUT2D eigenvalue weighted by molar-refractivity contribution is 7.10. The van der Waals surface area contributed by atoms with E-state index < -0.39 is 5.41 Å². The molecule has 0 aliphatic carbocycles. The fraction of sp³-hybridized carbons (Fsp3) is 0.692. The summed E-state index contributed by atoms with van der Waals surface area (Å²) in [6.45, 7) is 6.82. The van der Waals surface area contributed by atoms with Crippen molar-refractivity contribution in [3.8, 4) is 0 Å². The van der Waals surface area contributed by atoms with Gasteiger partial charge in [-0.3, -0.25) is 0 Å². The molecule has 3 nitrogen and oxygen atoms in total. The fourth-order valence-electron chi connectivity index (χ4n) is 1.65. The number of hydrogen-bond acceptors (Lipinski definition) is 4. The number of hydrogen-bond donors (Lipinski definition) is 3. The summed E-state index contributed by atoms with van der Waals surface area (Å²) in [5.74, 6) is 0.482. The molecule has 1 rings (SSSR count). The van der Waals surface area contributed by atoms with Gasteiger partial charge in [-0.1, -0.05) is 26.8 Å². The molecular weight excluding hydrogens is 234 g/mol. The third-order valence-electron chi connectivity index (χ3n) is 3.03. The fourth-order valence-corrected chi connectivity index (χ4v) is 2.62. The molecule has 0 bridgehead atoms. The SMILES string of the molecule is CC(C)C(NCC(C)(CO)CO)c1cccs1. The van der Waals surface area contributed by atoms with Crippen LogP contribution in [0.2, 0.25) is 0 Å². The van der Waals surface area contributed by atoms with Crippen molar-refractivity contribution in [3.63, 3.8) is 0 Å². The van der Waals surface area contributed by atoms with E-state index in [0.717, 1.165) is 0 Å². The van der Waals surface area contributed by atoms with Crippen LogP contribution in [0.4, 0.5) is 0 Å². The average molecular weight is 257 g/mol. The largest absolute Gasteiger partial charge is 0.396 e. The van der Waals surface area contributed by atoms with Gasteiger partial charge in [0.15, 0.2) is 0 Å². The van der Waals surface area contributed by atoms with E-state index in [0.29, 0.717) is 12.5 Å². The molecule has 98 valence electrons. The highest BCUT2D eigenvalue weighted by Crippen LogP contribution is 2.26. The zero-order valence-corrected chi connectivity index (χ0v) is 11.6. The van der Waals surface area contributed by atoms with Crippen LogP contribution in [0.1, 0.15) is 31.7 Å². The Hall–Kier alpha value is -0.420. The first-order valence-corrected chi connectivity index (χ1v) is 6.89. The molecule has 0 radical (unpaired) electrons. The first kappa shape index (κ1) is 14.6. The lowest BCUT2D eigenvalue weighted by Gasteiger charge is -2.29. The zero-order chi connectivity index (χ0) is 12.9. The van der Waals surface area contributed by atoms with E-state index in [-0.39, 0.29) is 19.3 Å². The maximum absolute atomic E-state index is 9.27. The maximum atomic E-state index is 9.27. The van der Waals surface area contributed by atoms with Crippen molar-refractivity contribution >= 4 is 11.3 Å². The van der Waals surface area contributed by atoms with Crippen molar-refractivity contribution in [2.24, 2.45) is 11.3 Å². The van der Waals surface area contributed by atoms with Gasteiger partial charge in [0.1, 0.15) is 0 Å². The Morgan fingerprint density at radius 3 is 2.41 bits per heavy atom. The molecule has 17 heavy (non-hydrogen) atoms. The molecule has 1 heterocycles. The molecule has 0 aliphatic rings. The summed E-state index contributed by atoms with van der Waals surface area (Å²) in [6, 6.07) is 4.46. The van der Waals surface area contributed by atoms with Crippen LogP contribution in [0.5, 0.6) is 0 Å². The normalized spacial score (nSPS) is 14.2. The molecule has 1 atom stereocenters. The van der Waals surface area contributed by atoms with Crippen molar-refractivity contribution in [2.45, 2.75) is 26.8 Å². The van der Waals surface area contributed by atoms with E-state index >= 15 is 0 Å². The third kappa shape index (κ3) is 4.07. The van der Waals surface area contributed by atoms with Crippen molar-refractivity contribution in [1.29, 1.82) is 0 Å². The summed E-state index contributed by atoms with van der Waals surface area (Å²) in [7, 11) is 0. The number of thiophene rings is 1. The topological polar surface area (TPSA) is 52.5 Å². The molecule has 0 aliphatic heterocycles. The van der Waals surface area contributed by atoms with E-state index in [1.165, 1.54) is 4.88 Å². The van der Waals surface area contributed by atoms with E-state index in [2.05, 4.69) is 30.6 Å². The molecule has 4 heteroatoms. The molecular formula is C13H23NO2S. The molecule has 0 spiro atoms. The summed E-state index contributed by atoms with van der Waals surface area (Å²) < 4.78 is 0. The average Bonchev–Trinajstić information content (AvgIpc) is 2.82. The zero-order valence-electron chi connectivity index (χ0n) is 10.8. The van der Waals surface area contributed by atoms with Crippen molar-refractivity contribution < 1.29 is 10.2 Å².